The van der Waals surface area contributed by atoms with Gasteiger partial charge in [0.05, 0.1) is 19.3 Å². The quantitative estimate of drug-likeness (QED) is 0.591. The minimum atomic E-state index is -0.482. The Balaban J connectivity index is 3.03. The number of ether oxygens (including phenoxy) is 3. The Hall–Kier alpha value is -2.04. The summed E-state index contributed by atoms with van der Waals surface area (Å²) in [6.07, 6.45) is 0. The van der Waals surface area contributed by atoms with Crippen LogP contribution < -0.4 is 9.47 Å². The van der Waals surface area contributed by atoms with E-state index in [1.807, 2.05) is 0 Å². The molecule has 0 atom stereocenters. The van der Waals surface area contributed by atoms with Gasteiger partial charge in [-0.05, 0) is 25.1 Å². The van der Waals surface area contributed by atoms with E-state index in [-0.39, 0.29) is 12.4 Å². The predicted octanol–water partition coefficient (Wildman–Crippen LogP) is 1.80. The van der Waals surface area contributed by atoms with Gasteiger partial charge in [0.15, 0.2) is 11.5 Å². The molecule has 5 heteroatoms. The molecule has 0 aliphatic heterocycles. The van der Waals surface area contributed by atoms with Crippen LogP contribution in [0.15, 0.2) is 18.2 Å². The molecule has 0 bridgehead atoms. The second-order valence-corrected chi connectivity index (χ2v) is 3.18. The number of esters is 2. The van der Waals surface area contributed by atoms with Crippen LogP contribution in [0.5, 0.6) is 11.5 Å². The SMILES string of the molecule is CCOC(=O)c1ccc(OC)c(OC(C)=O)c1. The Morgan fingerprint density at radius 2 is 1.94 bits per heavy atom. The van der Waals surface area contributed by atoms with Crippen LogP contribution in [-0.2, 0) is 9.53 Å². The van der Waals surface area contributed by atoms with Crippen molar-refractivity contribution >= 4 is 11.9 Å². The van der Waals surface area contributed by atoms with E-state index in [0.717, 1.165) is 0 Å². The lowest BCUT2D eigenvalue weighted by Gasteiger charge is -2.09. The van der Waals surface area contributed by atoms with Crippen molar-refractivity contribution in [2.75, 3.05) is 13.7 Å². The fourth-order valence-electron chi connectivity index (χ4n) is 1.25. The van der Waals surface area contributed by atoms with Gasteiger partial charge in [-0.2, -0.15) is 0 Å². The van der Waals surface area contributed by atoms with Crippen molar-refractivity contribution in [2.45, 2.75) is 13.8 Å². The normalized spacial score (nSPS) is 9.59. The molecule has 0 saturated carbocycles. The van der Waals surface area contributed by atoms with Crippen LogP contribution in [0.3, 0.4) is 0 Å². The van der Waals surface area contributed by atoms with Crippen molar-refractivity contribution in [2.24, 2.45) is 0 Å². The van der Waals surface area contributed by atoms with Crippen molar-refractivity contribution in [3.05, 3.63) is 23.8 Å². The van der Waals surface area contributed by atoms with Gasteiger partial charge in [-0.25, -0.2) is 4.79 Å². The highest BCUT2D eigenvalue weighted by atomic mass is 16.6. The summed E-state index contributed by atoms with van der Waals surface area (Å²) in [5, 5.41) is 0. The van der Waals surface area contributed by atoms with E-state index in [2.05, 4.69) is 0 Å². The third-order valence-electron chi connectivity index (χ3n) is 1.93. The maximum atomic E-state index is 11.5. The van der Waals surface area contributed by atoms with Crippen LogP contribution >= 0.6 is 0 Å². The van der Waals surface area contributed by atoms with Crippen molar-refractivity contribution < 1.29 is 23.8 Å². The molecule has 0 fully saturated rings. The molecule has 0 amide bonds. The monoisotopic (exact) mass is 238 g/mol. The van der Waals surface area contributed by atoms with Gasteiger partial charge in [0, 0.05) is 6.92 Å². The lowest BCUT2D eigenvalue weighted by Crippen LogP contribution is -2.07. The summed E-state index contributed by atoms with van der Waals surface area (Å²) in [5.74, 6) is -0.369. The highest BCUT2D eigenvalue weighted by Crippen LogP contribution is 2.28. The van der Waals surface area contributed by atoms with E-state index >= 15 is 0 Å². The highest BCUT2D eigenvalue weighted by molar-refractivity contribution is 5.90. The first kappa shape index (κ1) is 13.0. The predicted molar refractivity (Wildman–Crippen MR) is 60.3 cm³/mol. The van der Waals surface area contributed by atoms with Gasteiger partial charge in [0.25, 0.3) is 0 Å². The molecule has 0 unspecified atom stereocenters. The lowest BCUT2D eigenvalue weighted by atomic mass is 10.2. The Kier molecular flexibility index (Phi) is 4.51. The van der Waals surface area contributed by atoms with Crippen molar-refractivity contribution in [3.8, 4) is 11.5 Å². The number of hydrogen-bond acceptors (Lipinski definition) is 5. The molecule has 0 aromatic heterocycles. The van der Waals surface area contributed by atoms with Crippen molar-refractivity contribution in [1.29, 1.82) is 0 Å². The van der Waals surface area contributed by atoms with E-state index in [9.17, 15) is 9.59 Å². The Labute approximate surface area is 99.3 Å². The second-order valence-electron chi connectivity index (χ2n) is 3.18. The number of methoxy groups -OCH3 is 1. The third kappa shape index (κ3) is 3.48. The number of benzene rings is 1. The average molecular weight is 238 g/mol. The second kappa shape index (κ2) is 5.89. The highest BCUT2D eigenvalue weighted by Gasteiger charge is 2.13. The van der Waals surface area contributed by atoms with E-state index in [1.54, 1.807) is 19.1 Å². The summed E-state index contributed by atoms with van der Waals surface area (Å²) in [4.78, 5) is 22.4. The molecule has 5 nitrogen and oxygen atoms in total. The third-order valence-corrected chi connectivity index (χ3v) is 1.93. The van der Waals surface area contributed by atoms with Gasteiger partial charge < -0.3 is 14.2 Å². The molecule has 1 aromatic rings. The van der Waals surface area contributed by atoms with Crippen molar-refractivity contribution in [1.82, 2.24) is 0 Å². The first-order valence-electron chi connectivity index (χ1n) is 5.12. The maximum Gasteiger partial charge on any atom is 0.338 e. The topological polar surface area (TPSA) is 61.8 Å². The zero-order valence-electron chi connectivity index (χ0n) is 9.98. The van der Waals surface area contributed by atoms with Gasteiger partial charge in [-0.15, -0.1) is 0 Å². The number of rotatable bonds is 4. The van der Waals surface area contributed by atoms with Crippen LogP contribution in [0.2, 0.25) is 0 Å². The van der Waals surface area contributed by atoms with E-state index in [4.69, 9.17) is 14.2 Å². The molecule has 17 heavy (non-hydrogen) atoms. The van der Waals surface area contributed by atoms with Gasteiger partial charge >= 0.3 is 11.9 Å². The maximum absolute atomic E-state index is 11.5. The smallest absolute Gasteiger partial charge is 0.338 e. The first-order chi connectivity index (χ1) is 8.08. The van der Waals surface area contributed by atoms with Crippen LogP contribution in [0.4, 0.5) is 0 Å². The summed E-state index contributed by atoms with van der Waals surface area (Å²) in [6, 6.07) is 4.51. The minimum Gasteiger partial charge on any atom is -0.493 e. The molecule has 0 aliphatic carbocycles. The van der Waals surface area contributed by atoms with E-state index in [1.165, 1.54) is 20.1 Å². The standard InChI is InChI=1S/C12H14O5/c1-4-16-12(14)9-5-6-10(15-3)11(7-9)17-8(2)13/h5-7H,4H2,1-3H3. The number of carbonyl (C=O) groups excluding carboxylic acids is 2. The largest absolute Gasteiger partial charge is 0.493 e. The zero-order chi connectivity index (χ0) is 12.8. The molecule has 0 aliphatic rings. The Bertz CT molecular complexity index is 425. The van der Waals surface area contributed by atoms with Crippen LogP contribution in [0.1, 0.15) is 24.2 Å². The van der Waals surface area contributed by atoms with Crippen molar-refractivity contribution in [3.63, 3.8) is 0 Å². The molecular weight excluding hydrogens is 224 g/mol. The van der Waals surface area contributed by atoms with Crippen LogP contribution in [0.25, 0.3) is 0 Å². The molecule has 0 N–H and O–H groups in total. The summed E-state index contributed by atoms with van der Waals surface area (Å²) >= 11 is 0. The molecule has 1 aromatic carbocycles. The van der Waals surface area contributed by atoms with Crippen LogP contribution in [-0.4, -0.2) is 25.7 Å². The van der Waals surface area contributed by atoms with E-state index in [0.29, 0.717) is 11.3 Å². The molecule has 0 saturated heterocycles. The van der Waals surface area contributed by atoms with Gasteiger partial charge in [0.2, 0.25) is 0 Å². The average Bonchev–Trinajstić information content (AvgIpc) is 2.28. The zero-order valence-corrected chi connectivity index (χ0v) is 9.98. The van der Waals surface area contributed by atoms with Gasteiger partial charge in [-0.3, -0.25) is 4.79 Å². The minimum absolute atomic E-state index is 0.200. The number of carbonyl (C=O) groups is 2. The summed E-state index contributed by atoms with van der Waals surface area (Å²) < 4.78 is 14.8. The van der Waals surface area contributed by atoms with E-state index < -0.39 is 11.9 Å². The molecule has 0 heterocycles. The number of hydrogen-bond donors (Lipinski definition) is 0. The fourth-order valence-corrected chi connectivity index (χ4v) is 1.25. The van der Waals surface area contributed by atoms with Gasteiger partial charge in [0.1, 0.15) is 0 Å². The Morgan fingerprint density at radius 3 is 2.47 bits per heavy atom. The van der Waals surface area contributed by atoms with Crippen LogP contribution in [0, 0.1) is 0 Å². The molecular formula is C12H14O5. The van der Waals surface area contributed by atoms with Gasteiger partial charge in [-0.1, -0.05) is 0 Å². The lowest BCUT2D eigenvalue weighted by molar-refractivity contribution is -0.132. The fraction of sp³-hybridized carbons (Fsp3) is 0.333. The summed E-state index contributed by atoms with van der Waals surface area (Å²) in [7, 11) is 1.45. The Morgan fingerprint density at radius 1 is 1.24 bits per heavy atom. The molecule has 1 rings (SSSR count). The molecule has 92 valence electrons. The molecule has 0 spiro atoms. The summed E-state index contributed by atoms with van der Waals surface area (Å²) in [5.41, 5.74) is 0.309. The first-order valence-corrected chi connectivity index (χ1v) is 5.12. The molecule has 0 radical (unpaired) electrons. The summed E-state index contributed by atoms with van der Waals surface area (Å²) in [6.45, 7) is 3.28.